The van der Waals surface area contributed by atoms with E-state index in [1.807, 2.05) is 31.2 Å². The molecule has 2 unspecified atom stereocenters. The third-order valence-electron chi connectivity index (χ3n) is 2.80. The maximum atomic E-state index is 10.0. The monoisotopic (exact) mass is 202 g/mol. The summed E-state index contributed by atoms with van der Waals surface area (Å²) in [6, 6.07) is 5.68. The summed E-state index contributed by atoms with van der Waals surface area (Å²) in [7, 11) is 0. The number of rotatable bonds is 1. The number of allylic oxidation sites excluding steroid dienone is 1. The van der Waals surface area contributed by atoms with E-state index in [1.165, 1.54) is 0 Å². The summed E-state index contributed by atoms with van der Waals surface area (Å²) in [6.07, 6.45) is 6.45. The molecule has 0 saturated heterocycles. The molecule has 1 heterocycles. The van der Waals surface area contributed by atoms with Crippen LogP contribution in [-0.4, -0.2) is 16.2 Å². The summed E-state index contributed by atoms with van der Waals surface area (Å²) in [5.41, 5.74) is 6.57. The highest BCUT2D eigenvalue weighted by Crippen LogP contribution is 2.31. The van der Waals surface area contributed by atoms with Crippen molar-refractivity contribution in [2.45, 2.75) is 18.4 Å². The number of nitrogens with zero attached hydrogens (tertiary/aromatic N) is 1. The molecule has 2 atom stereocenters. The van der Waals surface area contributed by atoms with E-state index in [9.17, 15) is 5.11 Å². The topological polar surface area (TPSA) is 59.1 Å². The number of nitrogens with two attached hydrogens (primary N) is 1. The van der Waals surface area contributed by atoms with Crippen molar-refractivity contribution in [1.29, 1.82) is 0 Å². The summed E-state index contributed by atoms with van der Waals surface area (Å²) in [5.74, 6) is 0. The van der Waals surface area contributed by atoms with Crippen molar-refractivity contribution in [2.75, 3.05) is 0 Å². The minimum absolute atomic E-state index is 0.482. The van der Waals surface area contributed by atoms with Crippen LogP contribution in [0.25, 0.3) is 0 Å². The Hall–Kier alpha value is -1.61. The molecular weight excluding hydrogens is 188 g/mol. The van der Waals surface area contributed by atoms with Crippen LogP contribution in [0.1, 0.15) is 12.6 Å². The van der Waals surface area contributed by atoms with Gasteiger partial charge in [-0.15, -0.1) is 0 Å². The van der Waals surface area contributed by atoms with Gasteiger partial charge in [-0.3, -0.25) is 4.98 Å². The highest BCUT2D eigenvalue weighted by molar-refractivity contribution is 5.36. The van der Waals surface area contributed by atoms with Crippen LogP contribution < -0.4 is 5.73 Å². The van der Waals surface area contributed by atoms with Gasteiger partial charge in [-0.1, -0.05) is 12.1 Å². The van der Waals surface area contributed by atoms with E-state index in [1.54, 1.807) is 18.3 Å². The Morgan fingerprint density at radius 1 is 1.47 bits per heavy atom. The lowest BCUT2D eigenvalue weighted by Gasteiger charge is -2.31. The van der Waals surface area contributed by atoms with Gasteiger partial charge in [0.15, 0.2) is 0 Å². The third kappa shape index (κ3) is 1.66. The third-order valence-corrected chi connectivity index (χ3v) is 2.80. The molecule has 0 saturated carbocycles. The van der Waals surface area contributed by atoms with Crippen molar-refractivity contribution >= 4 is 0 Å². The molecule has 3 heteroatoms. The van der Waals surface area contributed by atoms with Gasteiger partial charge in [-0.05, 0) is 31.2 Å². The Labute approximate surface area is 89.0 Å². The van der Waals surface area contributed by atoms with E-state index in [2.05, 4.69) is 4.98 Å². The summed E-state index contributed by atoms with van der Waals surface area (Å²) in [5, 5.41) is 10.0. The average molecular weight is 202 g/mol. The Bertz CT molecular complexity index is 411. The van der Waals surface area contributed by atoms with Crippen LogP contribution in [0.4, 0.5) is 0 Å². The first kappa shape index (κ1) is 9.93. The van der Waals surface area contributed by atoms with Gasteiger partial charge in [-0.25, -0.2) is 0 Å². The molecular formula is C12H14N2O. The van der Waals surface area contributed by atoms with Crippen LogP contribution in [0.15, 0.2) is 48.3 Å². The zero-order valence-corrected chi connectivity index (χ0v) is 8.59. The second-order valence-corrected chi connectivity index (χ2v) is 3.94. The molecule has 1 aliphatic carbocycles. The molecule has 1 aliphatic rings. The standard InChI is InChI=1S/C12H14N2O/c1-12(10-4-2-3-7-14-10)6-5-9(13)8-11(12)15/h2-8,11,15H,13H2,1H3. The fraction of sp³-hybridized carbons (Fsp3) is 0.250. The van der Waals surface area contributed by atoms with E-state index in [0.717, 1.165) is 5.69 Å². The number of aliphatic hydroxyl groups excluding tert-OH is 1. The molecule has 2 rings (SSSR count). The Kier molecular flexibility index (Phi) is 2.32. The summed E-state index contributed by atoms with van der Waals surface area (Å²) >= 11 is 0. The first-order chi connectivity index (χ1) is 7.13. The van der Waals surface area contributed by atoms with Crippen LogP contribution in [-0.2, 0) is 5.41 Å². The van der Waals surface area contributed by atoms with E-state index in [4.69, 9.17) is 5.73 Å². The van der Waals surface area contributed by atoms with E-state index in [0.29, 0.717) is 5.70 Å². The van der Waals surface area contributed by atoms with Gasteiger partial charge >= 0.3 is 0 Å². The minimum atomic E-state index is -0.627. The number of aliphatic hydroxyl groups is 1. The van der Waals surface area contributed by atoms with Gasteiger partial charge in [0, 0.05) is 11.9 Å². The zero-order chi connectivity index (χ0) is 10.9. The number of aromatic nitrogens is 1. The van der Waals surface area contributed by atoms with E-state index in [-0.39, 0.29) is 0 Å². The van der Waals surface area contributed by atoms with Gasteiger partial charge in [0.1, 0.15) is 0 Å². The fourth-order valence-electron chi connectivity index (χ4n) is 1.70. The highest BCUT2D eigenvalue weighted by Gasteiger charge is 2.34. The SMILES string of the molecule is CC1(c2ccccn2)C=CC(N)=CC1O. The van der Waals surface area contributed by atoms with Crippen LogP contribution in [0, 0.1) is 0 Å². The van der Waals surface area contributed by atoms with Gasteiger partial charge in [0.25, 0.3) is 0 Å². The summed E-state index contributed by atoms with van der Waals surface area (Å²) in [4.78, 5) is 4.27. The fourth-order valence-corrected chi connectivity index (χ4v) is 1.70. The Morgan fingerprint density at radius 3 is 2.87 bits per heavy atom. The molecule has 1 aromatic rings. The van der Waals surface area contributed by atoms with Crippen molar-refractivity contribution in [1.82, 2.24) is 4.98 Å². The summed E-state index contributed by atoms with van der Waals surface area (Å²) < 4.78 is 0. The van der Waals surface area contributed by atoms with Gasteiger partial charge in [0.05, 0.1) is 17.2 Å². The van der Waals surface area contributed by atoms with Gasteiger partial charge in [0.2, 0.25) is 0 Å². The minimum Gasteiger partial charge on any atom is -0.399 e. The Morgan fingerprint density at radius 2 is 2.27 bits per heavy atom. The molecule has 3 N–H and O–H groups in total. The van der Waals surface area contributed by atoms with Crippen molar-refractivity contribution in [2.24, 2.45) is 5.73 Å². The molecule has 78 valence electrons. The molecule has 1 aromatic heterocycles. The second kappa shape index (κ2) is 3.51. The summed E-state index contributed by atoms with van der Waals surface area (Å²) in [6.45, 7) is 1.94. The predicted octanol–water partition coefficient (Wildman–Crippen LogP) is 1.11. The molecule has 15 heavy (non-hydrogen) atoms. The second-order valence-electron chi connectivity index (χ2n) is 3.94. The van der Waals surface area contributed by atoms with E-state index >= 15 is 0 Å². The van der Waals surface area contributed by atoms with Crippen LogP contribution in [0.3, 0.4) is 0 Å². The van der Waals surface area contributed by atoms with Crippen molar-refractivity contribution in [3.8, 4) is 0 Å². The Balaban J connectivity index is 2.41. The molecule has 0 bridgehead atoms. The maximum absolute atomic E-state index is 10.0. The van der Waals surface area contributed by atoms with Crippen molar-refractivity contribution < 1.29 is 5.11 Å². The normalized spacial score (nSPS) is 30.0. The molecule has 0 aliphatic heterocycles. The van der Waals surface area contributed by atoms with Crippen molar-refractivity contribution in [3.63, 3.8) is 0 Å². The molecule has 0 radical (unpaired) electrons. The molecule has 0 amide bonds. The lowest BCUT2D eigenvalue weighted by Crippen LogP contribution is -2.36. The number of hydrogen-bond donors (Lipinski definition) is 2. The average Bonchev–Trinajstić information content (AvgIpc) is 2.25. The quantitative estimate of drug-likeness (QED) is 0.717. The molecule has 0 fully saturated rings. The predicted molar refractivity (Wildman–Crippen MR) is 59.0 cm³/mol. The molecule has 0 spiro atoms. The lowest BCUT2D eigenvalue weighted by molar-refractivity contribution is 0.155. The smallest absolute Gasteiger partial charge is 0.0887 e. The molecule has 3 nitrogen and oxygen atoms in total. The number of pyridine rings is 1. The van der Waals surface area contributed by atoms with E-state index < -0.39 is 11.5 Å². The first-order valence-electron chi connectivity index (χ1n) is 4.89. The van der Waals surface area contributed by atoms with Gasteiger partial charge in [-0.2, -0.15) is 0 Å². The van der Waals surface area contributed by atoms with Gasteiger partial charge < -0.3 is 10.8 Å². The first-order valence-corrected chi connectivity index (χ1v) is 4.89. The molecule has 0 aromatic carbocycles. The lowest BCUT2D eigenvalue weighted by atomic mass is 9.77. The van der Waals surface area contributed by atoms with Crippen molar-refractivity contribution in [3.05, 3.63) is 54.0 Å². The van der Waals surface area contributed by atoms with Crippen LogP contribution >= 0.6 is 0 Å². The largest absolute Gasteiger partial charge is 0.399 e. The van der Waals surface area contributed by atoms with Crippen LogP contribution in [0.2, 0.25) is 0 Å². The highest BCUT2D eigenvalue weighted by atomic mass is 16.3. The van der Waals surface area contributed by atoms with Crippen LogP contribution in [0.5, 0.6) is 0 Å². The maximum Gasteiger partial charge on any atom is 0.0887 e. The zero-order valence-electron chi connectivity index (χ0n) is 8.59. The number of hydrogen-bond acceptors (Lipinski definition) is 3.